The number of aromatic nitrogens is 2. The minimum atomic E-state index is -0.700. The number of anilines is 2. The highest BCUT2D eigenvalue weighted by atomic mass is 35.5. The molecule has 1 amide bonds. The van der Waals surface area contributed by atoms with Crippen LogP contribution in [-0.2, 0) is 5.41 Å². The van der Waals surface area contributed by atoms with Crippen LogP contribution in [0.1, 0.15) is 29.8 Å². The van der Waals surface area contributed by atoms with Crippen molar-refractivity contribution in [1.82, 2.24) is 9.97 Å². The van der Waals surface area contributed by atoms with Gasteiger partial charge in [-0.25, -0.2) is 9.97 Å². The van der Waals surface area contributed by atoms with Crippen LogP contribution in [0.15, 0.2) is 54.6 Å². The summed E-state index contributed by atoms with van der Waals surface area (Å²) >= 11 is 7.54. The van der Waals surface area contributed by atoms with Gasteiger partial charge in [0, 0.05) is 23.4 Å². The fraction of sp³-hybridized carbons (Fsp3) is 0.130. The van der Waals surface area contributed by atoms with Crippen molar-refractivity contribution in [3.8, 4) is 17.7 Å². The Balaban J connectivity index is 1.55. The molecule has 0 fully saturated rings. The second-order valence-corrected chi connectivity index (χ2v) is 8.96. The van der Waals surface area contributed by atoms with Gasteiger partial charge in [0.15, 0.2) is 5.13 Å². The lowest BCUT2D eigenvalue weighted by Gasteiger charge is -2.16. The first-order chi connectivity index (χ1) is 15.2. The number of fused-ring (bicyclic) bond motifs is 1. The summed E-state index contributed by atoms with van der Waals surface area (Å²) in [5.41, 5.74) is 7.42. The first-order valence-corrected chi connectivity index (χ1v) is 10.8. The molecule has 0 spiro atoms. The van der Waals surface area contributed by atoms with E-state index in [0.717, 1.165) is 5.56 Å². The van der Waals surface area contributed by atoms with E-state index < -0.39 is 5.41 Å². The van der Waals surface area contributed by atoms with Gasteiger partial charge in [0.25, 0.3) is 5.91 Å². The van der Waals surface area contributed by atoms with E-state index in [1.807, 2.05) is 6.07 Å². The number of halogens is 1. The van der Waals surface area contributed by atoms with Gasteiger partial charge in [0.1, 0.15) is 16.1 Å². The molecule has 4 aromatic rings. The number of hydrogen-bond acceptors (Lipinski definition) is 7. The van der Waals surface area contributed by atoms with Crippen molar-refractivity contribution in [2.24, 2.45) is 0 Å². The van der Waals surface area contributed by atoms with Crippen molar-refractivity contribution >= 4 is 50.0 Å². The van der Waals surface area contributed by atoms with Gasteiger partial charge in [0.2, 0.25) is 5.88 Å². The van der Waals surface area contributed by atoms with Crippen LogP contribution in [0, 0.1) is 11.3 Å². The minimum absolute atomic E-state index is 0.312. The van der Waals surface area contributed by atoms with E-state index in [2.05, 4.69) is 21.4 Å². The lowest BCUT2D eigenvalue weighted by Crippen LogP contribution is -2.17. The highest BCUT2D eigenvalue weighted by Gasteiger charge is 2.21. The normalized spacial score (nSPS) is 11.2. The van der Waals surface area contributed by atoms with Gasteiger partial charge in [-0.15, -0.1) is 0 Å². The number of rotatable bonds is 5. The average molecular weight is 464 g/mol. The van der Waals surface area contributed by atoms with Crippen molar-refractivity contribution in [3.63, 3.8) is 0 Å². The summed E-state index contributed by atoms with van der Waals surface area (Å²) in [6.45, 7) is 3.61. The van der Waals surface area contributed by atoms with Crippen LogP contribution in [0.5, 0.6) is 11.6 Å². The zero-order valence-corrected chi connectivity index (χ0v) is 18.8. The highest BCUT2D eigenvalue weighted by molar-refractivity contribution is 7.21. The van der Waals surface area contributed by atoms with Gasteiger partial charge in [-0.2, -0.15) is 5.26 Å². The molecule has 2 heterocycles. The lowest BCUT2D eigenvalue weighted by atomic mass is 9.85. The number of hydrogen-bond donors (Lipinski definition) is 2. The maximum absolute atomic E-state index is 12.8. The summed E-state index contributed by atoms with van der Waals surface area (Å²) in [5, 5.41) is 13.0. The van der Waals surface area contributed by atoms with Crippen molar-refractivity contribution in [2.45, 2.75) is 19.3 Å². The van der Waals surface area contributed by atoms with Crippen LogP contribution in [-0.4, -0.2) is 15.9 Å². The summed E-state index contributed by atoms with van der Waals surface area (Å²) in [4.78, 5) is 22.0. The van der Waals surface area contributed by atoms with Crippen LogP contribution in [0.2, 0.25) is 5.02 Å². The Hall–Kier alpha value is -3.67. The fourth-order valence-corrected chi connectivity index (χ4v) is 3.81. The predicted molar refractivity (Wildman–Crippen MR) is 126 cm³/mol. The molecule has 2 aromatic heterocycles. The average Bonchev–Trinajstić information content (AvgIpc) is 3.15. The van der Waals surface area contributed by atoms with Crippen molar-refractivity contribution in [2.75, 3.05) is 11.1 Å². The van der Waals surface area contributed by atoms with Gasteiger partial charge in [-0.3, -0.25) is 4.79 Å². The van der Waals surface area contributed by atoms with Crippen LogP contribution in [0.3, 0.4) is 0 Å². The molecule has 0 saturated heterocycles. The van der Waals surface area contributed by atoms with Crippen LogP contribution in [0.25, 0.3) is 10.3 Å². The van der Waals surface area contributed by atoms with E-state index in [4.69, 9.17) is 22.1 Å². The van der Waals surface area contributed by atoms with E-state index >= 15 is 0 Å². The number of nitriles is 1. The van der Waals surface area contributed by atoms with Crippen molar-refractivity contribution in [1.29, 1.82) is 5.26 Å². The third-order valence-corrected chi connectivity index (χ3v) is 5.88. The molecule has 4 rings (SSSR count). The van der Waals surface area contributed by atoms with E-state index in [-0.39, 0.29) is 5.91 Å². The number of carbonyl (C=O) groups is 1. The largest absolute Gasteiger partial charge is 0.437 e. The molecule has 0 saturated carbocycles. The third-order valence-electron chi connectivity index (χ3n) is 4.78. The fourth-order valence-electron chi connectivity index (χ4n) is 2.96. The molecule has 0 aliphatic rings. The zero-order chi connectivity index (χ0) is 22.9. The summed E-state index contributed by atoms with van der Waals surface area (Å²) in [7, 11) is 0. The van der Waals surface area contributed by atoms with E-state index in [1.165, 1.54) is 11.3 Å². The van der Waals surface area contributed by atoms with E-state index in [1.54, 1.807) is 62.4 Å². The molecule has 0 unspecified atom stereocenters. The molecule has 7 nitrogen and oxygen atoms in total. The molecule has 2 aromatic carbocycles. The SMILES string of the molecule is CC(C)(C#N)c1cccc(C(=O)Nc2ccc(Cl)c(Oc3ccc4nc(N)sc4n3)c2)c1. The predicted octanol–water partition coefficient (Wildman–Crippen LogP) is 5.77. The molecule has 9 heteroatoms. The molecule has 3 N–H and O–H groups in total. The second-order valence-electron chi connectivity index (χ2n) is 7.54. The van der Waals surface area contributed by atoms with Crippen LogP contribution in [0.4, 0.5) is 10.8 Å². The summed E-state index contributed by atoms with van der Waals surface area (Å²) < 4.78 is 5.84. The highest BCUT2D eigenvalue weighted by Crippen LogP contribution is 2.33. The molecule has 160 valence electrons. The first kappa shape index (κ1) is 21.6. The molecule has 0 bridgehead atoms. The lowest BCUT2D eigenvalue weighted by molar-refractivity contribution is 0.102. The van der Waals surface area contributed by atoms with E-state index in [0.29, 0.717) is 43.4 Å². The summed E-state index contributed by atoms with van der Waals surface area (Å²) in [5.74, 6) is 0.361. The zero-order valence-electron chi connectivity index (χ0n) is 17.2. The number of thiazole rings is 1. The van der Waals surface area contributed by atoms with Gasteiger partial charge >= 0.3 is 0 Å². The Morgan fingerprint density at radius 1 is 1.19 bits per heavy atom. The number of nitrogens with two attached hydrogens (primary N) is 1. The number of nitrogen functional groups attached to an aromatic ring is 1. The van der Waals surface area contributed by atoms with Crippen LogP contribution < -0.4 is 15.8 Å². The van der Waals surface area contributed by atoms with Crippen LogP contribution >= 0.6 is 22.9 Å². The number of nitrogens with zero attached hydrogens (tertiary/aromatic N) is 3. The van der Waals surface area contributed by atoms with Gasteiger partial charge in [-0.05, 0) is 49.7 Å². The maximum Gasteiger partial charge on any atom is 0.255 e. The Labute approximate surface area is 193 Å². The van der Waals surface area contributed by atoms with Gasteiger partial charge < -0.3 is 15.8 Å². The third kappa shape index (κ3) is 4.49. The molecule has 32 heavy (non-hydrogen) atoms. The number of amides is 1. The summed E-state index contributed by atoms with van der Waals surface area (Å²) in [6.07, 6.45) is 0. The molecule has 0 aliphatic heterocycles. The Kier molecular flexibility index (Phi) is 5.70. The quantitative estimate of drug-likeness (QED) is 0.388. The number of nitrogens with one attached hydrogen (secondary N) is 1. The Morgan fingerprint density at radius 3 is 2.78 bits per heavy atom. The number of pyridine rings is 1. The van der Waals surface area contributed by atoms with Gasteiger partial charge in [-0.1, -0.05) is 35.1 Å². The number of carbonyl (C=O) groups excluding carboxylic acids is 1. The topological polar surface area (TPSA) is 114 Å². The first-order valence-electron chi connectivity index (χ1n) is 9.59. The Morgan fingerprint density at radius 2 is 2.00 bits per heavy atom. The molecular weight excluding hydrogens is 446 g/mol. The standard InChI is InChI=1S/C23H18ClN5O2S/c1-23(2,12-25)14-5-3-4-13(10-14)20(30)27-15-6-7-16(24)18(11-15)31-19-9-8-17-21(29-19)32-22(26)28-17/h3-11H,1-2H3,(H2,26,28)(H,27,30). The van der Waals surface area contributed by atoms with Gasteiger partial charge in [0.05, 0.1) is 16.5 Å². The molecule has 0 aliphatic carbocycles. The molecule has 0 atom stereocenters. The summed E-state index contributed by atoms with van der Waals surface area (Å²) in [6, 6.07) is 17.6. The molecule has 0 radical (unpaired) electrons. The number of benzene rings is 2. The smallest absolute Gasteiger partial charge is 0.255 e. The molecular formula is C23H18ClN5O2S. The Bertz CT molecular complexity index is 1380. The number of ether oxygens (including phenoxy) is 1. The minimum Gasteiger partial charge on any atom is -0.437 e. The maximum atomic E-state index is 12.8. The van der Waals surface area contributed by atoms with E-state index in [9.17, 15) is 10.1 Å². The monoisotopic (exact) mass is 463 g/mol. The van der Waals surface area contributed by atoms with Crippen molar-refractivity contribution in [3.05, 3.63) is 70.7 Å². The van der Waals surface area contributed by atoms with Crippen molar-refractivity contribution < 1.29 is 9.53 Å². The second kappa shape index (κ2) is 8.46.